The largest absolute Gasteiger partial charge is 0.399 e. The highest BCUT2D eigenvalue weighted by molar-refractivity contribution is 5.82. The van der Waals surface area contributed by atoms with Crippen molar-refractivity contribution in [2.45, 2.75) is 0 Å². The lowest BCUT2D eigenvalue weighted by molar-refractivity contribution is 1.34. The third-order valence-electron chi connectivity index (χ3n) is 2.67. The summed E-state index contributed by atoms with van der Waals surface area (Å²) < 4.78 is 0. The maximum Gasteiger partial charge on any atom is 0.138 e. The molecule has 84 valence electrons. The number of anilines is 2. The second-order valence-corrected chi connectivity index (χ2v) is 3.99. The lowest BCUT2D eigenvalue weighted by atomic mass is 10.2. The Balaban J connectivity index is 2.18. The molecule has 0 bridgehead atoms. The third-order valence-corrected chi connectivity index (χ3v) is 2.67. The highest BCUT2D eigenvalue weighted by atomic mass is 14.9. The SMILES string of the molecule is Nc1cccc(-c2nc3cc(N)ccc3[nH]2)c1. The smallest absolute Gasteiger partial charge is 0.138 e. The lowest BCUT2D eigenvalue weighted by Gasteiger charge is -1.97. The molecule has 0 aliphatic heterocycles. The number of aromatic amines is 1. The molecule has 3 aromatic rings. The molecule has 4 heteroatoms. The van der Waals surface area contributed by atoms with Gasteiger partial charge in [-0.05, 0) is 30.3 Å². The number of nitrogens with zero attached hydrogens (tertiary/aromatic N) is 1. The minimum absolute atomic E-state index is 0.711. The van der Waals surface area contributed by atoms with Gasteiger partial charge in [-0.3, -0.25) is 0 Å². The van der Waals surface area contributed by atoms with E-state index in [2.05, 4.69) is 9.97 Å². The number of aromatic nitrogens is 2. The van der Waals surface area contributed by atoms with Crippen molar-refractivity contribution >= 4 is 22.4 Å². The van der Waals surface area contributed by atoms with Gasteiger partial charge < -0.3 is 16.5 Å². The van der Waals surface area contributed by atoms with Crippen LogP contribution in [0.25, 0.3) is 22.4 Å². The first-order valence-electron chi connectivity index (χ1n) is 5.33. The molecule has 17 heavy (non-hydrogen) atoms. The van der Waals surface area contributed by atoms with Gasteiger partial charge in [0.05, 0.1) is 11.0 Å². The van der Waals surface area contributed by atoms with Crippen LogP contribution in [0.3, 0.4) is 0 Å². The number of benzene rings is 2. The van der Waals surface area contributed by atoms with Crippen LogP contribution < -0.4 is 11.5 Å². The first-order chi connectivity index (χ1) is 8.22. The number of nitrogens with one attached hydrogen (secondary N) is 1. The summed E-state index contributed by atoms with van der Waals surface area (Å²) in [5, 5.41) is 0. The van der Waals surface area contributed by atoms with Crippen molar-refractivity contribution in [1.82, 2.24) is 9.97 Å². The summed E-state index contributed by atoms with van der Waals surface area (Å²) in [5.74, 6) is 0.804. The van der Waals surface area contributed by atoms with E-state index in [9.17, 15) is 0 Å². The number of imidazole rings is 1. The standard InChI is InChI=1S/C13H12N4/c14-9-3-1-2-8(6-9)13-16-11-5-4-10(15)7-12(11)17-13/h1-7H,14-15H2,(H,16,17). The molecule has 0 saturated carbocycles. The zero-order chi connectivity index (χ0) is 11.8. The van der Waals surface area contributed by atoms with E-state index in [1.54, 1.807) is 0 Å². The number of rotatable bonds is 1. The van der Waals surface area contributed by atoms with Crippen LogP contribution >= 0.6 is 0 Å². The molecule has 0 saturated heterocycles. The van der Waals surface area contributed by atoms with Crippen LogP contribution in [0.5, 0.6) is 0 Å². The second-order valence-electron chi connectivity index (χ2n) is 3.99. The van der Waals surface area contributed by atoms with E-state index in [4.69, 9.17) is 11.5 Å². The molecule has 0 fully saturated rings. The van der Waals surface area contributed by atoms with E-state index in [-0.39, 0.29) is 0 Å². The van der Waals surface area contributed by atoms with E-state index in [0.29, 0.717) is 5.69 Å². The van der Waals surface area contributed by atoms with Gasteiger partial charge >= 0.3 is 0 Å². The van der Waals surface area contributed by atoms with Crippen molar-refractivity contribution in [3.8, 4) is 11.4 Å². The average molecular weight is 224 g/mol. The van der Waals surface area contributed by atoms with E-state index < -0.39 is 0 Å². The van der Waals surface area contributed by atoms with E-state index >= 15 is 0 Å². The lowest BCUT2D eigenvalue weighted by Crippen LogP contribution is -1.86. The highest BCUT2D eigenvalue weighted by Crippen LogP contribution is 2.23. The molecule has 0 amide bonds. The van der Waals surface area contributed by atoms with Crippen molar-refractivity contribution in [3.63, 3.8) is 0 Å². The summed E-state index contributed by atoms with van der Waals surface area (Å²) in [4.78, 5) is 7.74. The van der Waals surface area contributed by atoms with Gasteiger partial charge in [-0.1, -0.05) is 12.1 Å². The van der Waals surface area contributed by atoms with Crippen molar-refractivity contribution in [2.24, 2.45) is 0 Å². The molecule has 4 nitrogen and oxygen atoms in total. The van der Waals surface area contributed by atoms with Crippen molar-refractivity contribution in [1.29, 1.82) is 0 Å². The summed E-state index contributed by atoms with van der Waals surface area (Å²) in [5.41, 5.74) is 15.7. The number of nitrogen functional groups attached to an aromatic ring is 2. The quantitative estimate of drug-likeness (QED) is 0.555. The first kappa shape index (κ1) is 9.72. The molecular formula is C13H12N4. The number of nitrogens with two attached hydrogens (primary N) is 2. The van der Waals surface area contributed by atoms with Gasteiger partial charge in [0.25, 0.3) is 0 Å². The van der Waals surface area contributed by atoms with Crippen LogP contribution in [-0.4, -0.2) is 9.97 Å². The molecule has 3 rings (SSSR count). The fourth-order valence-electron chi connectivity index (χ4n) is 1.85. The highest BCUT2D eigenvalue weighted by Gasteiger charge is 2.05. The van der Waals surface area contributed by atoms with Gasteiger partial charge in [-0.15, -0.1) is 0 Å². The summed E-state index contributed by atoms with van der Waals surface area (Å²) in [6, 6.07) is 13.2. The number of hydrogen-bond acceptors (Lipinski definition) is 3. The van der Waals surface area contributed by atoms with Crippen LogP contribution in [0.1, 0.15) is 0 Å². The molecule has 5 N–H and O–H groups in total. The number of H-pyrrole nitrogens is 1. The third kappa shape index (κ3) is 1.69. The molecule has 1 aromatic heterocycles. The van der Waals surface area contributed by atoms with E-state index in [1.165, 1.54) is 0 Å². The van der Waals surface area contributed by atoms with E-state index in [1.807, 2.05) is 42.5 Å². The summed E-state index contributed by atoms with van der Waals surface area (Å²) in [6.07, 6.45) is 0. The Morgan fingerprint density at radius 2 is 1.76 bits per heavy atom. The minimum atomic E-state index is 0.711. The predicted octanol–water partition coefficient (Wildman–Crippen LogP) is 2.39. The van der Waals surface area contributed by atoms with Gasteiger partial charge in [-0.2, -0.15) is 0 Å². The zero-order valence-electron chi connectivity index (χ0n) is 9.14. The predicted molar refractivity (Wildman–Crippen MR) is 70.4 cm³/mol. The van der Waals surface area contributed by atoms with Crippen molar-refractivity contribution in [2.75, 3.05) is 11.5 Å². The van der Waals surface area contributed by atoms with Gasteiger partial charge in [0, 0.05) is 16.9 Å². The van der Waals surface area contributed by atoms with E-state index in [0.717, 1.165) is 28.1 Å². The molecule has 0 atom stereocenters. The van der Waals surface area contributed by atoms with Crippen molar-refractivity contribution in [3.05, 3.63) is 42.5 Å². The Labute approximate surface area is 98.3 Å². The second kappa shape index (κ2) is 3.52. The first-order valence-corrected chi connectivity index (χ1v) is 5.33. The van der Waals surface area contributed by atoms with Crippen LogP contribution in [0.15, 0.2) is 42.5 Å². The molecule has 0 spiro atoms. The Morgan fingerprint density at radius 1 is 0.941 bits per heavy atom. The van der Waals surface area contributed by atoms with Crippen LogP contribution in [0.4, 0.5) is 11.4 Å². The Morgan fingerprint density at radius 3 is 2.59 bits per heavy atom. The number of fused-ring (bicyclic) bond motifs is 1. The molecule has 1 heterocycles. The van der Waals surface area contributed by atoms with Gasteiger partial charge in [0.2, 0.25) is 0 Å². The Kier molecular flexibility index (Phi) is 2.01. The van der Waals surface area contributed by atoms with Crippen molar-refractivity contribution < 1.29 is 0 Å². The Hall–Kier alpha value is -2.49. The zero-order valence-corrected chi connectivity index (χ0v) is 9.14. The summed E-state index contributed by atoms with van der Waals surface area (Å²) >= 11 is 0. The normalized spacial score (nSPS) is 10.8. The molecule has 0 aliphatic carbocycles. The maximum atomic E-state index is 5.75. The van der Waals surface area contributed by atoms with Gasteiger partial charge in [0.1, 0.15) is 5.82 Å². The molecule has 0 radical (unpaired) electrons. The maximum absolute atomic E-state index is 5.75. The fourth-order valence-corrected chi connectivity index (χ4v) is 1.85. The summed E-state index contributed by atoms with van der Waals surface area (Å²) in [7, 11) is 0. The minimum Gasteiger partial charge on any atom is -0.399 e. The molecule has 2 aromatic carbocycles. The average Bonchev–Trinajstić information content (AvgIpc) is 2.72. The van der Waals surface area contributed by atoms with Gasteiger partial charge in [-0.25, -0.2) is 4.98 Å². The fraction of sp³-hybridized carbons (Fsp3) is 0. The van der Waals surface area contributed by atoms with Crippen LogP contribution in [0.2, 0.25) is 0 Å². The molecular weight excluding hydrogens is 212 g/mol. The van der Waals surface area contributed by atoms with Crippen LogP contribution in [0, 0.1) is 0 Å². The molecule has 0 unspecified atom stereocenters. The summed E-state index contributed by atoms with van der Waals surface area (Å²) in [6.45, 7) is 0. The monoisotopic (exact) mass is 224 g/mol. The topological polar surface area (TPSA) is 80.7 Å². The Bertz CT molecular complexity index is 685. The number of hydrogen-bond donors (Lipinski definition) is 3. The molecule has 0 aliphatic rings. The van der Waals surface area contributed by atoms with Gasteiger partial charge in [0.15, 0.2) is 0 Å². The van der Waals surface area contributed by atoms with Crippen LogP contribution in [-0.2, 0) is 0 Å².